The van der Waals surface area contributed by atoms with Crippen LogP contribution in [0.3, 0.4) is 0 Å². The Morgan fingerprint density at radius 3 is 2.82 bits per heavy atom. The Balaban J connectivity index is 3.12. The van der Waals surface area contributed by atoms with Crippen LogP contribution >= 0.6 is 15.9 Å². The van der Waals surface area contributed by atoms with Crippen molar-refractivity contribution in [1.29, 1.82) is 5.26 Å². The van der Waals surface area contributed by atoms with Crippen molar-refractivity contribution in [2.24, 2.45) is 0 Å². The number of nitriles is 1. The first kappa shape index (κ1) is 8.22. The van der Waals surface area contributed by atoms with E-state index in [2.05, 4.69) is 27.0 Å². The highest BCUT2D eigenvalue weighted by atomic mass is 79.9. The van der Waals surface area contributed by atoms with E-state index in [0.717, 1.165) is 16.7 Å². The maximum Gasteiger partial charge on any atom is 0.101 e. The Labute approximate surface area is 74.0 Å². The largest absolute Gasteiger partial charge is 0.256 e. The first-order valence-corrected chi connectivity index (χ1v) is 4.32. The third-order valence-electron chi connectivity index (χ3n) is 1.40. The number of halogens is 1. The lowest BCUT2D eigenvalue weighted by atomic mass is 10.2. The fourth-order valence-electron chi connectivity index (χ4n) is 0.806. The SMILES string of the molecule is Cc1nc(CBr)ccc1C#N. The van der Waals surface area contributed by atoms with E-state index in [1.807, 2.05) is 13.0 Å². The van der Waals surface area contributed by atoms with Gasteiger partial charge >= 0.3 is 0 Å². The highest BCUT2D eigenvalue weighted by molar-refractivity contribution is 9.08. The van der Waals surface area contributed by atoms with Gasteiger partial charge in [0.05, 0.1) is 17.0 Å². The molecule has 0 unspecified atom stereocenters. The zero-order valence-electron chi connectivity index (χ0n) is 6.13. The summed E-state index contributed by atoms with van der Waals surface area (Å²) in [5.74, 6) is 0. The summed E-state index contributed by atoms with van der Waals surface area (Å²) in [4.78, 5) is 4.19. The molecular weight excluding hydrogens is 204 g/mol. The molecule has 0 radical (unpaired) electrons. The average Bonchev–Trinajstić information content (AvgIpc) is 2.04. The van der Waals surface area contributed by atoms with Crippen molar-refractivity contribution >= 4 is 15.9 Å². The molecule has 0 aliphatic carbocycles. The highest BCUT2D eigenvalue weighted by Crippen LogP contribution is 2.07. The normalized spacial score (nSPS) is 9.18. The van der Waals surface area contributed by atoms with Gasteiger partial charge in [0.15, 0.2) is 0 Å². The molecule has 0 aliphatic heterocycles. The van der Waals surface area contributed by atoms with Gasteiger partial charge in [-0.05, 0) is 19.1 Å². The maximum atomic E-state index is 8.58. The smallest absolute Gasteiger partial charge is 0.101 e. The van der Waals surface area contributed by atoms with Crippen molar-refractivity contribution in [3.63, 3.8) is 0 Å². The second kappa shape index (κ2) is 3.49. The van der Waals surface area contributed by atoms with Crippen molar-refractivity contribution in [3.8, 4) is 6.07 Å². The quantitative estimate of drug-likeness (QED) is 0.667. The molecule has 0 bridgehead atoms. The third kappa shape index (κ3) is 1.78. The minimum absolute atomic E-state index is 0.648. The fourth-order valence-corrected chi connectivity index (χ4v) is 1.12. The lowest BCUT2D eigenvalue weighted by Gasteiger charge is -1.97. The molecule has 0 spiro atoms. The predicted octanol–water partition coefficient (Wildman–Crippen LogP) is 2.16. The predicted molar refractivity (Wildman–Crippen MR) is 46.3 cm³/mol. The topological polar surface area (TPSA) is 36.7 Å². The zero-order chi connectivity index (χ0) is 8.27. The molecule has 1 aromatic rings. The molecule has 1 heterocycles. The van der Waals surface area contributed by atoms with Gasteiger partial charge < -0.3 is 0 Å². The van der Waals surface area contributed by atoms with Crippen molar-refractivity contribution < 1.29 is 0 Å². The summed E-state index contributed by atoms with van der Waals surface area (Å²) in [6, 6.07) is 5.71. The second-order valence-electron chi connectivity index (χ2n) is 2.18. The Kier molecular flexibility index (Phi) is 2.61. The van der Waals surface area contributed by atoms with Crippen molar-refractivity contribution in [3.05, 3.63) is 29.1 Å². The molecule has 0 aromatic carbocycles. The van der Waals surface area contributed by atoms with Gasteiger partial charge in [0.25, 0.3) is 0 Å². The summed E-state index contributed by atoms with van der Waals surface area (Å²) in [6.07, 6.45) is 0. The molecule has 0 saturated heterocycles. The summed E-state index contributed by atoms with van der Waals surface area (Å²) >= 11 is 3.29. The van der Waals surface area contributed by atoms with Crippen LogP contribution < -0.4 is 0 Å². The molecule has 11 heavy (non-hydrogen) atoms. The van der Waals surface area contributed by atoms with Gasteiger partial charge in [-0.1, -0.05) is 15.9 Å². The highest BCUT2D eigenvalue weighted by Gasteiger charge is 1.98. The van der Waals surface area contributed by atoms with Crippen LogP contribution in [0.15, 0.2) is 12.1 Å². The molecule has 0 N–H and O–H groups in total. The monoisotopic (exact) mass is 210 g/mol. The molecule has 0 atom stereocenters. The van der Waals surface area contributed by atoms with Gasteiger partial charge in [0, 0.05) is 5.33 Å². The Morgan fingerprint density at radius 2 is 2.36 bits per heavy atom. The van der Waals surface area contributed by atoms with Crippen LogP contribution in [0.5, 0.6) is 0 Å². The van der Waals surface area contributed by atoms with E-state index in [1.165, 1.54) is 0 Å². The minimum Gasteiger partial charge on any atom is -0.256 e. The molecule has 1 rings (SSSR count). The summed E-state index contributed by atoms with van der Waals surface area (Å²) in [5.41, 5.74) is 2.40. The van der Waals surface area contributed by atoms with Gasteiger partial charge in [0.2, 0.25) is 0 Å². The number of aryl methyl sites for hydroxylation is 1. The van der Waals surface area contributed by atoms with Crippen molar-refractivity contribution in [2.75, 3.05) is 0 Å². The van der Waals surface area contributed by atoms with Crippen LogP contribution in [0.2, 0.25) is 0 Å². The van der Waals surface area contributed by atoms with Crippen LogP contribution in [-0.2, 0) is 5.33 Å². The molecule has 2 nitrogen and oxygen atoms in total. The third-order valence-corrected chi connectivity index (χ3v) is 1.98. The van der Waals surface area contributed by atoms with Crippen LogP contribution in [0.25, 0.3) is 0 Å². The van der Waals surface area contributed by atoms with Crippen molar-refractivity contribution in [2.45, 2.75) is 12.3 Å². The average molecular weight is 211 g/mol. The number of rotatable bonds is 1. The number of alkyl halides is 1. The second-order valence-corrected chi connectivity index (χ2v) is 2.74. The van der Waals surface area contributed by atoms with Crippen LogP contribution in [-0.4, -0.2) is 4.98 Å². The molecule has 0 saturated carbocycles. The number of hydrogen-bond acceptors (Lipinski definition) is 2. The molecular formula is C8H7BrN2. The lowest BCUT2D eigenvalue weighted by molar-refractivity contribution is 1.10. The summed E-state index contributed by atoms with van der Waals surface area (Å²) in [5, 5.41) is 9.32. The Hall–Kier alpha value is -0.880. The summed E-state index contributed by atoms with van der Waals surface area (Å²) in [7, 11) is 0. The lowest BCUT2D eigenvalue weighted by Crippen LogP contribution is -1.91. The van der Waals surface area contributed by atoms with Gasteiger partial charge in [-0.2, -0.15) is 5.26 Å². The van der Waals surface area contributed by atoms with E-state index in [9.17, 15) is 0 Å². The van der Waals surface area contributed by atoms with Crippen LogP contribution in [0.4, 0.5) is 0 Å². The molecule has 1 aromatic heterocycles. The summed E-state index contributed by atoms with van der Waals surface area (Å²) < 4.78 is 0. The van der Waals surface area contributed by atoms with Crippen LogP contribution in [0, 0.1) is 18.3 Å². The molecule has 0 fully saturated rings. The van der Waals surface area contributed by atoms with Gasteiger partial charge in [-0.25, -0.2) is 0 Å². The molecule has 0 amide bonds. The van der Waals surface area contributed by atoms with Crippen molar-refractivity contribution in [1.82, 2.24) is 4.98 Å². The maximum absolute atomic E-state index is 8.58. The first-order chi connectivity index (χ1) is 5.27. The number of nitrogens with zero attached hydrogens (tertiary/aromatic N) is 2. The number of pyridine rings is 1. The fraction of sp³-hybridized carbons (Fsp3) is 0.250. The number of hydrogen-bond donors (Lipinski definition) is 0. The van der Waals surface area contributed by atoms with Gasteiger partial charge in [0.1, 0.15) is 6.07 Å². The van der Waals surface area contributed by atoms with E-state index in [-0.39, 0.29) is 0 Å². The summed E-state index contributed by atoms with van der Waals surface area (Å²) in [6.45, 7) is 1.84. The van der Waals surface area contributed by atoms with E-state index in [1.54, 1.807) is 6.07 Å². The Morgan fingerprint density at radius 1 is 1.64 bits per heavy atom. The van der Waals surface area contributed by atoms with Crippen LogP contribution in [0.1, 0.15) is 17.0 Å². The van der Waals surface area contributed by atoms with E-state index in [4.69, 9.17) is 5.26 Å². The van der Waals surface area contributed by atoms with Gasteiger partial charge in [-0.15, -0.1) is 0 Å². The zero-order valence-corrected chi connectivity index (χ0v) is 7.72. The van der Waals surface area contributed by atoms with E-state index < -0.39 is 0 Å². The molecule has 0 aliphatic rings. The molecule has 56 valence electrons. The molecule has 3 heteroatoms. The van der Waals surface area contributed by atoms with Gasteiger partial charge in [-0.3, -0.25) is 4.98 Å². The first-order valence-electron chi connectivity index (χ1n) is 3.20. The number of aromatic nitrogens is 1. The standard InChI is InChI=1S/C8H7BrN2/c1-6-7(5-10)2-3-8(4-9)11-6/h2-3H,4H2,1H3. The minimum atomic E-state index is 0.648. The Bertz CT molecular complexity index is 301. The van der Waals surface area contributed by atoms with E-state index in [0.29, 0.717) is 5.56 Å². The van der Waals surface area contributed by atoms with E-state index >= 15 is 0 Å².